The quantitative estimate of drug-likeness (QED) is 0.566. The molecule has 0 bridgehead atoms. The molecule has 14 heavy (non-hydrogen) atoms. The van der Waals surface area contributed by atoms with Crippen LogP contribution in [0.25, 0.3) is 17.0 Å². The monoisotopic (exact) mass is 185 g/mol. The number of H-pyrrole nitrogens is 1. The Kier molecular flexibility index (Phi) is 2.19. The first-order valence-corrected chi connectivity index (χ1v) is 4.52. The van der Waals surface area contributed by atoms with Gasteiger partial charge in [-0.25, -0.2) is 0 Å². The van der Waals surface area contributed by atoms with Crippen LogP contribution in [0.1, 0.15) is 11.3 Å². The van der Waals surface area contributed by atoms with Crippen LogP contribution in [0, 0.1) is 6.92 Å². The van der Waals surface area contributed by atoms with E-state index in [1.54, 1.807) is 0 Å². The Morgan fingerprint density at radius 3 is 2.86 bits per heavy atom. The maximum atomic E-state index is 10.3. The van der Waals surface area contributed by atoms with Gasteiger partial charge in [0.05, 0.1) is 0 Å². The SMILES string of the molecule is Cc1[nH]c2ccccc2c1C=CC=O. The van der Waals surface area contributed by atoms with E-state index in [0.717, 1.165) is 28.4 Å². The van der Waals surface area contributed by atoms with Crippen molar-refractivity contribution in [3.63, 3.8) is 0 Å². The zero-order valence-corrected chi connectivity index (χ0v) is 7.95. The Hall–Kier alpha value is -1.83. The standard InChI is InChI=1S/C12H11NO/c1-9-10(6-4-8-14)11-5-2-3-7-12(11)13-9/h2-8,13H,1H3. The molecule has 0 amide bonds. The van der Waals surface area contributed by atoms with Crippen LogP contribution in [0.15, 0.2) is 30.3 Å². The maximum absolute atomic E-state index is 10.3. The number of carbonyl (C=O) groups is 1. The lowest BCUT2D eigenvalue weighted by Gasteiger charge is -1.90. The molecule has 2 nitrogen and oxygen atoms in total. The maximum Gasteiger partial charge on any atom is 0.142 e. The van der Waals surface area contributed by atoms with Crippen molar-refractivity contribution in [2.75, 3.05) is 0 Å². The van der Waals surface area contributed by atoms with Crippen LogP contribution in [0.2, 0.25) is 0 Å². The van der Waals surface area contributed by atoms with Gasteiger partial charge in [0.15, 0.2) is 0 Å². The second-order valence-electron chi connectivity index (χ2n) is 3.20. The molecule has 0 aliphatic rings. The fraction of sp³-hybridized carbons (Fsp3) is 0.0833. The van der Waals surface area contributed by atoms with Crippen molar-refractivity contribution in [1.82, 2.24) is 4.98 Å². The Morgan fingerprint density at radius 2 is 2.07 bits per heavy atom. The van der Waals surface area contributed by atoms with Crippen LogP contribution in [-0.2, 0) is 4.79 Å². The number of aldehydes is 1. The van der Waals surface area contributed by atoms with Crippen molar-refractivity contribution in [1.29, 1.82) is 0 Å². The third-order valence-electron chi connectivity index (χ3n) is 2.28. The highest BCUT2D eigenvalue weighted by atomic mass is 16.1. The summed E-state index contributed by atoms with van der Waals surface area (Å²) in [7, 11) is 0. The number of benzene rings is 1. The smallest absolute Gasteiger partial charge is 0.142 e. The molecule has 0 unspecified atom stereocenters. The normalized spacial score (nSPS) is 11.2. The number of aromatic amines is 1. The molecule has 0 saturated heterocycles. The molecule has 2 aromatic rings. The zero-order valence-electron chi connectivity index (χ0n) is 7.95. The first kappa shape index (κ1) is 8.75. The highest BCUT2D eigenvalue weighted by molar-refractivity contribution is 5.92. The third-order valence-corrected chi connectivity index (χ3v) is 2.28. The lowest BCUT2D eigenvalue weighted by molar-refractivity contribution is -0.104. The van der Waals surface area contributed by atoms with Gasteiger partial charge in [-0.2, -0.15) is 0 Å². The van der Waals surface area contributed by atoms with E-state index >= 15 is 0 Å². The summed E-state index contributed by atoms with van der Waals surface area (Å²) in [4.78, 5) is 13.5. The number of carbonyl (C=O) groups excluding carboxylic acids is 1. The summed E-state index contributed by atoms with van der Waals surface area (Å²) >= 11 is 0. The van der Waals surface area contributed by atoms with Crippen LogP contribution in [0.4, 0.5) is 0 Å². The van der Waals surface area contributed by atoms with Gasteiger partial charge in [0, 0.05) is 22.2 Å². The van der Waals surface area contributed by atoms with Crippen LogP contribution in [-0.4, -0.2) is 11.3 Å². The highest BCUT2D eigenvalue weighted by Gasteiger charge is 2.03. The van der Waals surface area contributed by atoms with Gasteiger partial charge >= 0.3 is 0 Å². The molecule has 0 saturated carbocycles. The number of nitrogens with one attached hydrogen (secondary N) is 1. The summed E-state index contributed by atoms with van der Waals surface area (Å²) < 4.78 is 0. The van der Waals surface area contributed by atoms with Gasteiger partial charge in [-0.3, -0.25) is 4.79 Å². The fourth-order valence-corrected chi connectivity index (χ4v) is 1.65. The average Bonchev–Trinajstić information content (AvgIpc) is 2.51. The Balaban J connectivity index is 2.67. The summed E-state index contributed by atoms with van der Waals surface area (Å²) in [6.45, 7) is 2.00. The third kappa shape index (κ3) is 1.35. The Morgan fingerprint density at radius 1 is 1.29 bits per heavy atom. The first-order valence-electron chi connectivity index (χ1n) is 4.52. The number of para-hydroxylation sites is 1. The van der Waals surface area contributed by atoms with Crippen molar-refractivity contribution in [2.24, 2.45) is 0 Å². The molecule has 1 heterocycles. The lowest BCUT2D eigenvalue weighted by Crippen LogP contribution is -1.73. The number of hydrogen-bond acceptors (Lipinski definition) is 1. The molecular weight excluding hydrogens is 174 g/mol. The number of hydrogen-bond donors (Lipinski definition) is 1. The molecule has 1 aromatic heterocycles. The topological polar surface area (TPSA) is 32.9 Å². The van der Waals surface area contributed by atoms with Crippen LogP contribution >= 0.6 is 0 Å². The van der Waals surface area contributed by atoms with E-state index in [9.17, 15) is 4.79 Å². The minimum Gasteiger partial charge on any atom is -0.358 e. The summed E-state index contributed by atoms with van der Waals surface area (Å²) in [5.74, 6) is 0. The van der Waals surface area contributed by atoms with Gasteiger partial charge in [-0.05, 0) is 25.1 Å². The molecule has 1 N–H and O–H groups in total. The molecule has 0 fully saturated rings. The van der Waals surface area contributed by atoms with E-state index in [1.807, 2.05) is 37.3 Å². The lowest BCUT2D eigenvalue weighted by atomic mass is 10.1. The predicted octanol–water partition coefficient (Wildman–Crippen LogP) is 2.69. The van der Waals surface area contributed by atoms with Gasteiger partial charge in [0.25, 0.3) is 0 Å². The summed E-state index contributed by atoms with van der Waals surface area (Å²) in [5.41, 5.74) is 3.28. The number of fused-ring (bicyclic) bond motifs is 1. The summed E-state index contributed by atoms with van der Waals surface area (Å²) in [5, 5.41) is 1.16. The summed E-state index contributed by atoms with van der Waals surface area (Å²) in [6.07, 6.45) is 4.14. The molecule has 0 aliphatic carbocycles. The van der Waals surface area contributed by atoms with E-state index in [4.69, 9.17) is 0 Å². The van der Waals surface area contributed by atoms with Crippen LogP contribution in [0.5, 0.6) is 0 Å². The van der Waals surface area contributed by atoms with Gasteiger partial charge in [0.2, 0.25) is 0 Å². The number of allylic oxidation sites excluding steroid dienone is 1. The van der Waals surface area contributed by atoms with Crippen molar-refractivity contribution in [3.05, 3.63) is 41.6 Å². The largest absolute Gasteiger partial charge is 0.358 e. The second kappa shape index (κ2) is 3.50. The van der Waals surface area contributed by atoms with E-state index < -0.39 is 0 Å². The van der Waals surface area contributed by atoms with E-state index in [0.29, 0.717) is 0 Å². The van der Waals surface area contributed by atoms with E-state index in [2.05, 4.69) is 4.98 Å². The molecule has 0 radical (unpaired) electrons. The molecule has 2 heteroatoms. The van der Waals surface area contributed by atoms with E-state index in [1.165, 1.54) is 6.08 Å². The highest BCUT2D eigenvalue weighted by Crippen LogP contribution is 2.22. The van der Waals surface area contributed by atoms with Gasteiger partial charge < -0.3 is 4.98 Å². The predicted molar refractivity (Wildman–Crippen MR) is 58.1 cm³/mol. The Bertz CT molecular complexity index is 494. The molecule has 2 rings (SSSR count). The minimum absolute atomic E-state index is 0.793. The molecule has 0 atom stereocenters. The minimum atomic E-state index is 0.793. The van der Waals surface area contributed by atoms with Crippen molar-refractivity contribution in [2.45, 2.75) is 6.92 Å². The van der Waals surface area contributed by atoms with Crippen molar-refractivity contribution in [3.8, 4) is 0 Å². The number of aromatic nitrogens is 1. The van der Waals surface area contributed by atoms with Gasteiger partial charge in [-0.15, -0.1) is 0 Å². The fourth-order valence-electron chi connectivity index (χ4n) is 1.65. The molecular formula is C12H11NO. The van der Waals surface area contributed by atoms with Crippen LogP contribution in [0.3, 0.4) is 0 Å². The van der Waals surface area contributed by atoms with Crippen molar-refractivity contribution >= 4 is 23.3 Å². The van der Waals surface area contributed by atoms with E-state index in [-0.39, 0.29) is 0 Å². The number of rotatable bonds is 2. The molecule has 0 aliphatic heterocycles. The van der Waals surface area contributed by atoms with Gasteiger partial charge in [0.1, 0.15) is 6.29 Å². The first-order chi connectivity index (χ1) is 6.83. The Labute approximate surface area is 82.3 Å². The molecule has 0 spiro atoms. The van der Waals surface area contributed by atoms with Gasteiger partial charge in [-0.1, -0.05) is 18.2 Å². The van der Waals surface area contributed by atoms with Crippen LogP contribution < -0.4 is 0 Å². The molecule has 70 valence electrons. The number of aryl methyl sites for hydroxylation is 1. The summed E-state index contributed by atoms with van der Waals surface area (Å²) in [6, 6.07) is 8.06. The zero-order chi connectivity index (χ0) is 9.97. The molecule has 1 aromatic carbocycles. The van der Waals surface area contributed by atoms with Crippen molar-refractivity contribution < 1.29 is 4.79 Å². The average molecular weight is 185 g/mol. The second-order valence-corrected chi connectivity index (χ2v) is 3.20.